The summed E-state index contributed by atoms with van der Waals surface area (Å²) in [6, 6.07) is 0.0755. The minimum Gasteiger partial charge on any atom is -0.480 e. The first-order valence-electron chi connectivity index (χ1n) is 6.74. The van der Waals surface area contributed by atoms with Crippen LogP contribution in [0.15, 0.2) is 0 Å². The molecular weight excluding hydrogens is 232 g/mol. The molecule has 5 heteroatoms. The molecule has 0 aromatic heterocycles. The molecule has 0 bridgehead atoms. The van der Waals surface area contributed by atoms with Crippen molar-refractivity contribution in [1.29, 1.82) is 0 Å². The molecule has 0 aliphatic heterocycles. The summed E-state index contributed by atoms with van der Waals surface area (Å²) in [5, 5.41) is 12.1. The molecule has 0 aromatic carbocycles. The van der Waals surface area contributed by atoms with Crippen LogP contribution in [0, 0.1) is 11.8 Å². The lowest BCUT2D eigenvalue weighted by molar-refractivity contribution is -0.148. The van der Waals surface area contributed by atoms with Gasteiger partial charge in [0.2, 0.25) is 5.91 Å². The first-order chi connectivity index (χ1) is 8.43. The highest BCUT2D eigenvalue weighted by atomic mass is 16.4. The second-order valence-electron chi connectivity index (χ2n) is 5.89. The van der Waals surface area contributed by atoms with Crippen LogP contribution in [0.1, 0.15) is 45.4 Å². The van der Waals surface area contributed by atoms with Crippen molar-refractivity contribution in [3.05, 3.63) is 0 Å². The Morgan fingerprint density at radius 2 is 1.94 bits per heavy atom. The van der Waals surface area contributed by atoms with Crippen molar-refractivity contribution < 1.29 is 14.7 Å². The Labute approximate surface area is 107 Å². The van der Waals surface area contributed by atoms with E-state index in [-0.39, 0.29) is 23.8 Å². The Morgan fingerprint density at radius 3 is 2.44 bits per heavy atom. The van der Waals surface area contributed by atoms with E-state index in [9.17, 15) is 14.7 Å². The van der Waals surface area contributed by atoms with Gasteiger partial charge in [-0.05, 0) is 44.9 Å². The fraction of sp³-hybridized carbons (Fsp3) is 0.846. The van der Waals surface area contributed by atoms with Crippen molar-refractivity contribution in [2.45, 2.75) is 57.0 Å². The van der Waals surface area contributed by atoms with Gasteiger partial charge in [0.15, 0.2) is 0 Å². The monoisotopic (exact) mass is 254 g/mol. The predicted octanol–water partition coefficient (Wildman–Crippen LogP) is 0.873. The average molecular weight is 254 g/mol. The lowest BCUT2D eigenvalue weighted by Gasteiger charge is -2.31. The number of carboxylic acid groups (broad SMARTS) is 1. The fourth-order valence-electron chi connectivity index (χ4n) is 2.81. The summed E-state index contributed by atoms with van der Waals surface area (Å²) in [5.41, 5.74) is 4.76. The second-order valence-corrected chi connectivity index (χ2v) is 5.89. The van der Waals surface area contributed by atoms with Crippen molar-refractivity contribution in [3.8, 4) is 0 Å². The van der Waals surface area contributed by atoms with E-state index in [4.69, 9.17) is 5.73 Å². The van der Waals surface area contributed by atoms with Gasteiger partial charge in [-0.25, -0.2) is 4.79 Å². The van der Waals surface area contributed by atoms with Gasteiger partial charge in [-0.3, -0.25) is 4.79 Å². The van der Waals surface area contributed by atoms with Gasteiger partial charge in [-0.15, -0.1) is 0 Å². The second kappa shape index (κ2) is 4.88. The van der Waals surface area contributed by atoms with Gasteiger partial charge in [0.05, 0.1) is 0 Å². The Morgan fingerprint density at radius 1 is 1.28 bits per heavy atom. The topological polar surface area (TPSA) is 92.4 Å². The SMILES string of the molecule is CC(NC(=O)C1CCCC(N)C1)(C(=O)O)C1CC1. The third-order valence-corrected chi connectivity index (χ3v) is 4.31. The smallest absolute Gasteiger partial charge is 0.329 e. The lowest BCUT2D eigenvalue weighted by atomic mass is 9.84. The molecule has 2 saturated carbocycles. The van der Waals surface area contributed by atoms with E-state index in [2.05, 4.69) is 5.32 Å². The zero-order valence-corrected chi connectivity index (χ0v) is 10.8. The summed E-state index contributed by atoms with van der Waals surface area (Å²) in [4.78, 5) is 23.5. The number of aliphatic carboxylic acids is 1. The van der Waals surface area contributed by atoms with Gasteiger partial charge in [-0.2, -0.15) is 0 Å². The van der Waals surface area contributed by atoms with E-state index < -0.39 is 11.5 Å². The minimum atomic E-state index is -1.10. The van der Waals surface area contributed by atoms with Crippen LogP contribution in [0.3, 0.4) is 0 Å². The molecular formula is C13H22N2O3. The Balaban J connectivity index is 1.98. The number of carboxylic acids is 1. The van der Waals surface area contributed by atoms with E-state index in [1.54, 1.807) is 6.92 Å². The third-order valence-electron chi connectivity index (χ3n) is 4.31. The highest BCUT2D eigenvalue weighted by molar-refractivity contribution is 5.88. The number of nitrogens with two attached hydrogens (primary N) is 1. The molecule has 2 aliphatic rings. The molecule has 0 radical (unpaired) electrons. The van der Waals surface area contributed by atoms with Crippen LogP contribution in [0.2, 0.25) is 0 Å². The van der Waals surface area contributed by atoms with Crippen LogP contribution in [-0.2, 0) is 9.59 Å². The summed E-state index contributed by atoms with van der Waals surface area (Å²) in [7, 11) is 0. The maximum absolute atomic E-state index is 12.2. The zero-order chi connectivity index (χ0) is 13.3. The van der Waals surface area contributed by atoms with Crippen molar-refractivity contribution in [1.82, 2.24) is 5.32 Å². The molecule has 2 rings (SSSR count). The summed E-state index contributed by atoms with van der Waals surface area (Å²) in [6.45, 7) is 1.62. The van der Waals surface area contributed by atoms with Crippen LogP contribution in [-0.4, -0.2) is 28.6 Å². The van der Waals surface area contributed by atoms with Crippen LogP contribution < -0.4 is 11.1 Å². The zero-order valence-electron chi connectivity index (χ0n) is 10.8. The van der Waals surface area contributed by atoms with Gasteiger partial charge in [0.25, 0.3) is 0 Å². The van der Waals surface area contributed by atoms with Gasteiger partial charge in [-0.1, -0.05) is 6.42 Å². The third kappa shape index (κ3) is 2.66. The molecule has 3 atom stereocenters. The van der Waals surface area contributed by atoms with Gasteiger partial charge in [0.1, 0.15) is 5.54 Å². The van der Waals surface area contributed by atoms with Crippen LogP contribution >= 0.6 is 0 Å². The minimum absolute atomic E-state index is 0.0755. The van der Waals surface area contributed by atoms with E-state index in [0.717, 1.165) is 32.1 Å². The summed E-state index contributed by atoms with van der Waals surface area (Å²) in [6.07, 6.45) is 5.17. The molecule has 3 unspecified atom stereocenters. The first kappa shape index (κ1) is 13.3. The summed E-state index contributed by atoms with van der Waals surface area (Å²) < 4.78 is 0. The number of hydrogen-bond donors (Lipinski definition) is 3. The van der Waals surface area contributed by atoms with Crippen molar-refractivity contribution >= 4 is 11.9 Å². The number of amides is 1. The van der Waals surface area contributed by atoms with Crippen LogP contribution in [0.25, 0.3) is 0 Å². The van der Waals surface area contributed by atoms with Crippen molar-refractivity contribution in [2.75, 3.05) is 0 Å². The molecule has 18 heavy (non-hydrogen) atoms. The van der Waals surface area contributed by atoms with E-state index >= 15 is 0 Å². The van der Waals surface area contributed by atoms with Crippen molar-refractivity contribution in [3.63, 3.8) is 0 Å². The van der Waals surface area contributed by atoms with Gasteiger partial charge >= 0.3 is 5.97 Å². The number of carbonyl (C=O) groups excluding carboxylic acids is 1. The number of carbonyl (C=O) groups is 2. The maximum Gasteiger partial charge on any atom is 0.329 e. The quantitative estimate of drug-likeness (QED) is 0.694. The maximum atomic E-state index is 12.2. The highest BCUT2D eigenvalue weighted by Crippen LogP contribution is 2.40. The lowest BCUT2D eigenvalue weighted by Crippen LogP contribution is -2.56. The van der Waals surface area contributed by atoms with E-state index in [1.165, 1.54) is 0 Å². The summed E-state index contributed by atoms with van der Waals surface area (Å²) in [5.74, 6) is -1.11. The molecule has 0 spiro atoms. The molecule has 1 amide bonds. The normalized spacial score (nSPS) is 31.4. The number of nitrogens with one attached hydrogen (secondary N) is 1. The van der Waals surface area contributed by atoms with Gasteiger partial charge < -0.3 is 16.2 Å². The number of rotatable bonds is 4. The first-order valence-corrected chi connectivity index (χ1v) is 6.74. The number of hydrogen-bond acceptors (Lipinski definition) is 3. The molecule has 2 fully saturated rings. The fourth-order valence-corrected chi connectivity index (χ4v) is 2.81. The van der Waals surface area contributed by atoms with Crippen LogP contribution in [0.5, 0.6) is 0 Å². The highest BCUT2D eigenvalue weighted by Gasteiger charge is 2.49. The van der Waals surface area contributed by atoms with E-state index in [1.807, 2.05) is 0 Å². The van der Waals surface area contributed by atoms with E-state index in [0.29, 0.717) is 6.42 Å². The summed E-state index contributed by atoms with van der Waals surface area (Å²) >= 11 is 0. The molecule has 102 valence electrons. The molecule has 5 nitrogen and oxygen atoms in total. The molecule has 4 N–H and O–H groups in total. The average Bonchev–Trinajstić information content (AvgIpc) is 3.12. The molecule has 0 heterocycles. The Bertz CT molecular complexity index is 354. The molecule has 0 saturated heterocycles. The molecule has 0 aromatic rings. The van der Waals surface area contributed by atoms with Crippen LogP contribution in [0.4, 0.5) is 0 Å². The predicted molar refractivity (Wildman–Crippen MR) is 66.8 cm³/mol. The largest absolute Gasteiger partial charge is 0.480 e. The van der Waals surface area contributed by atoms with Crippen molar-refractivity contribution in [2.24, 2.45) is 17.6 Å². The molecule has 2 aliphatic carbocycles. The van der Waals surface area contributed by atoms with Gasteiger partial charge in [0, 0.05) is 12.0 Å². The Kier molecular flexibility index (Phi) is 3.61. The Hall–Kier alpha value is -1.10. The standard InChI is InChI=1S/C13H22N2O3/c1-13(12(17)18,9-5-6-9)15-11(16)8-3-2-4-10(14)7-8/h8-10H,2-7,14H2,1H3,(H,15,16)(H,17,18).